The zero-order valence-corrected chi connectivity index (χ0v) is 8.62. The summed E-state index contributed by atoms with van der Waals surface area (Å²) in [4.78, 5) is 13.6. The molecule has 74 valence electrons. The average molecular weight is 181 g/mol. The van der Waals surface area contributed by atoms with Crippen molar-refractivity contribution < 1.29 is 4.79 Å². The molecule has 1 saturated carbocycles. The summed E-state index contributed by atoms with van der Waals surface area (Å²) in [5.41, 5.74) is 0. The molecule has 2 heteroatoms. The second-order valence-electron chi connectivity index (χ2n) is 4.74. The van der Waals surface area contributed by atoms with Gasteiger partial charge in [0.2, 0.25) is 0 Å². The van der Waals surface area contributed by atoms with E-state index in [1.165, 1.54) is 12.8 Å². The van der Waals surface area contributed by atoms with Crippen LogP contribution in [-0.2, 0) is 4.79 Å². The Labute approximate surface area is 80.3 Å². The van der Waals surface area contributed by atoms with Crippen LogP contribution in [0.3, 0.4) is 0 Å². The largest absolute Gasteiger partial charge is 0.298 e. The summed E-state index contributed by atoms with van der Waals surface area (Å²) in [6.45, 7) is 6.41. The van der Waals surface area contributed by atoms with Gasteiger partial charge >= 0.3 is 0 Å². The van der Waals surface area contributed by atoms with E-state index in [1.54, 1.807) is 0 Å². The van der Waals surface area contributed by atoms with Crippen molar-refractivity contribution in [3.63, 3.8) is 0 Å². The van der Waals surface area contributed by atoms with E-state index in [-0.39, 0.29) is 0 Å². The molecule has 2 aliphatic rings. The topological polar surface area (TPSA) is 20.3 Å². The second kappa shape index (κ2) is 3.41. The Kier molecular flexibility index (Phi) is 2.41. The zero-order valence-electron chi connectivity index (χ0n) is 8.62. The van der Waals surface area contributed by atoms with Crippen molar-refractivity contribution in [1.29, 1.82) is 0 Å². The third-order valence-electron chi connectivity index (χ3n) is 3.95. The normalized spacial score (nSPS) is 41.7. The molecule has 0 aromatic rings. The number of ketones is 1. The highest BCUT2D eigenvalue weighted by molar-refractivity contribution is 5.82. The van der Waals surface area contributed by atoms with Gasteiger partial charge in [-0.05, 0) is 24.7 Å². The highest BCUT2D eigenvalue weighted by atomic mass is 16.1. The van der Waals surface area contributed by atoms with Gasteiger partial charge in [-0.1, -0.05) is 13.8 Å². The molecule has 1 aliphatic carbocycles. The molecule has 0 aromatic carbocycles. The number of hydrogen-bond donors (Lipinski definition) is 0. The van der Waals surface area contributed by atoms with Crippen LogP contribution in [0.15, 0.2) is 0 Å². The minimum Gasteiger partial charge on any atom is -0.298 e. The predicted molar refractivity (Wildman–Crippen MR) is 52.5 cm³/mol. The van der Waals surface area contributed by atoms with Crippen molar-refractivity contribution in [1.82, 2.24) is 4.90 Å². The maximum Gasteiger partial charge on any atom is 0.148 e. The van der Waals surface area contributed by atoms with Crippen molar-refractivity contribution in [3.05, 3.63) is 0 Å². The Morgan fingerprint density at radius 3 is 2.54 bits per heavy atom. The lowest BCUT2D eigenvalue weighted by molar-refractivity contribution is -0.117. The quantitative estimate of drug-likeness (QED) is 0.613. The Balaban J connectivity index is 1.98. The molecule has 0 spiro atoms. The number of rotatable bonds is 1. The van der Waals surface area contributed by atoms with Crippen LogP contribution in [0.5, 0.6) is 0 Å². The predicted octanol–water partition coefficient (Wildman–Crippen LogP) is 1.70. The third-order valence-corrected chi connectivity index (χ3v) is 3.95. The Bertz CT molecular complexity index is 214. The van der Waals surface area contributed by atoms with Crippen LogP contribution in [0.1, 0.15) is 33.1 Å². The molecule has 0 amide bonds. The average Bonchev–Trinajstić information content (AvgIpc) is 2.62. The molecule has 2 nitrogen and oxygen atoms in total. The fourth-order valence-corrected chi connectivity index (χ4v) is 2.79. The van der Waals surface area contributed by atoms with Crippen LogP contribution in [0, 0.1) is 11.8 Å². The first-order chi connectivity index (χ1) is 6.18. The lowest BCUT2D eigenvalue weighted by atomic mass is 9.97. The summed E-state index contributed by atoms with van der Waals surface area (Å²) in [6.07, 6.45) is 3.43. The van der Waals surface area contributed by atoms with Gasteiger partial charge in [0.05, 0.1) is 6.54 Å². The molecule has 0 aromatic heterocycles. The van der Waals surface area contributed by atoms with E-state index >= 15 is 0 Å². The fraction of sp³-hybridized carbons (Fsp3) is 0.909. The van der Waals surface area contributed by atoms with E-state index in [4.69, 9.17) is 0 Å². The highest BCUT2D eigenvalue weighted by Gasteiger charge is 2.36. The number of hydrogen-bond acceptors (Lipinski definition) is 2. The summed E-state index contributed by atoms with van der Waals surface area (Å²) < 4.78 is 0. The van der Waals surface area contributed by atoms with Gasteiger partial charge in [0.1, 0.15) is 5.78 Å². The van der Waals surface area contributed by atoms with Crippen LogP contribution in [0.4, 0.5) is 0 Å². The van der Waals surface area contributed by atoms with E-state index in [0.29, 0.717) is 11.8 Å². The van der Waals surface area contributed by atoms with Gasteiger partial charge in [0, 0.05) is 19.0 Å². The van der Waals surface area contributed by atoms with Gasteiger partial charge < -0.3 is 0 Å². The molecular formula is C11H19NO. The first-order valence-electron chi connectivity index (χ1n) is 5.44. The van der Waals surface area contributed by atoms with Crippen molar-refractivity contribution in [3.8, 4) is 0 Å². The van der Waals surface area contributed by atoms with Crippen LogP contribution in [0.25, 0.3) is 0 Å². The zero-order chi connectivity index (χ0) is 9.42. The van der Waals surface area contributed by atoms with E-state index in [0.717, 1.165) is 31.3 Å². The summed E-state index contributed by atoms with van der Waals surface area (Å²) in [6, 6.07) is 0.696. The highest BCUT2D eigenvalue weighted by Crippen LogP contribution is 2.35. The summed E-state index contributed by atoms with van der Waals surface area (Å²) in [7, 11) is 0. The van der Waals surface area contributed by atoms with Gasteiger partial charge in [-0.2, -0.15) is 0 Å². The summed E-state index contributed by atoms with van der Waals surface area (Å²) in [5, 5.41) is 0. The number of nitrogens with zero attached hydrogens (tertiary/aromatic N) is 1. The second-order valence-corrected chi connectivity index (χ2v) is 4.74. The smallest absolute Gasteiger partial charge is 0.148 e. The number of Topliss-reactive ketones (excluding diaryl/α,β-unsaturated/α-hetero) is 1. The molecule has 0 radical (unpaired) electrons. The van der Waals surface area contributed by atoms with Crippen LogP contribution >= 0.6 is 0 Å². The van der Waals surface area contributed by atoms with Crippen LogP contribution in [-0.4, -0.2) is 29.8 Å². The first kappa shape index (κ1) is 9.20. The number of carbonyl (C=O) groups excluding carboxylic acids is 1. The first-order valence-corrected chi connectivity index (χ1v) is 5.44. The number of carbonyl (C=O) groups is 1. The van der Waals surface area contributed by atoms with Gasteiger partial charge in [-0.3, -0.25) is 9.69 Å². The Morgan fingerprint density at radius 1 is 1.31 bits per heavy atom. The third kappa shape index (κ3) is 1.64. The number of likely N-dealkylation sites (tertiary alicyclic amines) is 1. The minimum absolute atomic E-state index is 0.437. The lowest BCUT2D eigenvalue weighted by Gasteiger charge is -2.27. The Hall–Kier alpha value is -0.370. The van der Waals surface area contributed by atoms with Crippen molar-refractivity contribution in [2.75, 3.05) is 13.1 Å². The summed E-state index contributed by atoms with van der Waals surface area (Å²) in [5.74, 6) is 2.07. The molecule has 1 saturated heterocycles. The van der Waals surface area contributed by atoms with E-state index in [9.17, 15) is 4.79 Å². The van der Waals surface area contributed by atoms with Crippen LogP contribution in [0.2, 0.25) is 0 Å². The lowest BCUT2D eigenvalue weighted by Crippen LogP contribution is -2.36. The molecule has 2 rings (SSSR count). The Morgan fingerprint density at radius 2 is 2.08 bits per heavy atom. The maximum atomic E-state index is 11.2. The monoisotopic (exact) mass is 181 g/mol. The molecule has 3 unspecified atom stereocenters. The van der Waals surface area contributed by atoms with Crippen molar-refractivity contribution in [2.24, 2.45) is 11.8 Å². The molecule has 3 atom stereocenters. The molecule has 13 heavy (non-hydrogen) atoms. The van der Waals surface area contributed by atoms with Crippen LogP contribution < -0.4 is 0 Å². The van der Waals surface area contributed by atoms with E-state index in [1.807, 2.05) is 0 Å². The van der Waals surface area contributed by atoms with Gasteiger partial charge in [-0.25, -0.2) is 0 Å². The fourth-order valence-electron chi connectivity index (χ4n) is 2.79. The molecule has 0 N–H and O–H groups in total. The molecular weight excluding hydrogens is 162 g/mol. The molecule has 2 fully saturated rings. The maximum absolute atomic E-state index is 11.2. The molecule has 1 aliphatic heterocycles. The van der Waals surface area contributed by atoms with E-state index < -0.39 is 0 Å². The SMILES string of the molecule is CC1CCC(N2CCC(=O)C2)C1C. The van der Waals surface area contributed by atoms with Crippen molar-refractivity contribution >= 4 is 5.78 Å². The summed E-state index contributed by atoms with van der Waals surface area (Å²) >= 11 is 0. The molecule has 0 bridgehead atoms. The minimum atomic E-state index is 0.437. The molecule has 1 heterocycles. The van der Waals surface area contributed by atoms with E-state index in [2.05, 4.69) is 18.7 Å². The van der Waals surface area contributed by atoms with Crippen molar-refractivity contribution in [2.45, 2.75) is 39.2 Å². The van der Waals surface area contributed by atoms with Gasteiger partial charge in [-0.15, -0.1) is 0 Å². The van der Waals surface area contributed by atoms with Gasteiger partial charge in [0.25, 0.3) is 0 Å². The standard InChI is InChI=1S/C11H19NO/c1-8-3-4-11(9(8)2)12-6-5-10(13)7-12/h8-9,11H,3-7H2,1-2H3. The van der Waals surface area contributed by atoms with Gasteiger partial charge in [0.15, 0.2) is 0 Å².